The summed E-state index contributed by atoms with van der Waals surface area (Å²) < 4.78 is 6.40. The third-order valence-electron chi connectivity index (χ3n) is 6.35. The molecule has 1 aliphatic rings. The summed E-state index contributed by atoms with van der Waals surface area (Å²) >= 11 is 2.16. The summed E-state index contributed by atoms with van der Waals surface area (Å²) in [7, 11) is 1.60. The van der Waals surface area contributed by atoms with Crippen LogP contribution in [0.2, 0.25) is 0 Å². The van der Waals surface area contributed by atoms with E-state index in [0.717, 1.165) is 5.56 Å². The zero-order valence-electron chi connectivity index (χ0n) is 22.9. The Labute approximate surface area is 229 Å². The van der Waals surface area contributed by atoms with Crippen molar-refractivity contribution in [3.63, 3.8) is 0 Å². The van der Waals surface area contributed by atoms with Gasteiger partial charge in [-0.3, -0.25) is 6.08 Å². The fourth-order valence-electron chi connectivity index (χ4n) is 3.67. The molecule has 0 heterocycles. The topological polar surface area (TPSA) is 29.5 Å². The molecule has 0 fully saturated rings. The minimum atomic E-state index is 0.0338. The van der Waals surface area contributed by atoms with Gasteiger partial charge in [-0.2, -0.15) is 11.1 Å². The molecule has 0 amide bonds. The molecule has 3 aromatic carbocycles. The molecule has 1 aliphatic carbocycles. The third-order valence-corrected chi connectivity index (χ3v) is 7.26. The molecule has 187 valence electrons. The van der Waals surface area contributed by atoms with Crippen LogP contribution in [-0.4, -0.2) is 16.0 Å². The number of rotatable bonds is 3. The van der Waals surface area contributed by atoms with Crippen molar-refractivity contribution in [3.8, 4) is 11.5 Å². The van der Waals surface area contributed by atoms with Gasteiger partial charge in [-0.1, -0.05) is 47.5 Å². The molecule has 0 saturated carbocycles. The zero-order chi connectivity index (χ0) is 26.9. The van der Waals surface area contributed by atoms with Crippen LogP contribution in [0.3, 0.4) is 0 Å². The van der Waals surface area contributed by atoms with Crippen molar-refractivity contribution in [2.24, 2.45) is 5.92 Å². The van der Waals surface area contributed by atoms with E-state index in [2.05, 4.69) is 123 Å². The molecule has 0 spiro atoms. The molecule has 4 rings (SSSR count). The van der Waals surface area contributed by atoms with Gasteiger partial charge in [-0.05, 0) is 23.1 Å². The van der Waals surface area contributed by atoms with E-state index in [9.17, 15) is 5.11 Å². The van der Waals surface area contributed by atoms with Gasteiger partial charge in [-0.25, -0.2) is 5.57 Å². The van der Waals surface area contributed by atoms with Crippen molar-refractivity contribution in [2.45, 2.75) is 53.9 Å². The second kappa shape index (κ2) is 13.6. The van der Waals surface area contributed by atoms with Gasteiger partial charge in [0.25, 0.3) is 0 Å². The molecule has 0 aliphatic heterocycles. The van der Waals surface area contributed by atoms with Crippen LogP contribution in [0.5, 0.6) is 11.5 Å². The molecule has 0 bridgehead atoms. The van der Waals surface area contributed by atoms with E-state index in [1.54, 1.807) is 19.2 Å². The fraction of sp³-hybridized carbons (Fsp3) is 0.303. The van der Waals surface area contributed by atoms with Crippen LogP contribution in [0, 0.1) is 12.0 Å². The predicted octanol–water partition coefficient (Wildman–Crippen LogP) is 8.22. The van der Waals surface area contributed by atoms with Crippen LogP contribution < -0.4 is 4.74 Å². The first-order valence-corrected chi connectivity index (χ1v) is 13.1. The third kappa shape index (κ3) is 8.77. The Morgan fingerprint density at radius 2 is 1.36 bits per heavy atom. The maximum absolute atomic E-state index is 9.41. The van der Waals surface area contributed by atoms with Crippen LogP contribution >= 0.6 is 0 Å². The first-order valence-electron chi connectivity index (χ1n) is 12.3. The Hall–Kier alpha value is -2.68. The summed E-state index contributed by atoms with van der Waals surface area (Å²) in [5.41, 5.74) is 7.93. The summed E-state index contributed by atoms with van der Waals surface area (Å²) in [6.45, 7) is 15.0. The Morgan fingerprint density at radius 3 is 1.69 bits per heavy atom. The first-order chi connectivity index (χ1) is 16.9. The number of aromatic hydroxyl groups is 1. The summed E-state index contributed by atoms with van der Waals surface area (Å²) in [6.07, 6.45) is 3.36. The summed E-state index contributed by atoms with van der Waals surface area (Å²) in [5.74, 6) is 1.51. The Bertz CT molecular complexity index is 1160. The molecule has 3 heteroatoms. The normalized spacial score (nSPS) is 14.7. The first kappa shape index (κ1) is 29.6. The van der Waals surface area contributed by atoms with Gasteiger partial charge in [0, 0.05) is 6.07 Å². The van der Waals surface area contributed by atoms with Crippen molar-refractivity contribution in [1.82, 2.24) is 0 Å². The second-order valence-electron chi connectivity index (χ2n) is 10.1. The van der Waals surface area contributed by atoms with Crippen LogP contribution in [0.1, 0.15) is 65.2 Å². The van der Waals surface area contributed by atoms with E-state index in [1.807, 2.05) is 18.2 Å². The van der Waals surface area contributed by atoms with Gasteiger partial charge in [0.05, 0.1) is 7.11 Å². The molecule has 0 saturated heterocycles. The number of phenols is 1. The molecule has 1 atom stereocenters. The van der Waals surface area contributed by atoms with Crippen LogP contribution in [0.25, 0.3) is 0 Å². The van der Waals surface area contributed by atoms with E-state index in [4.69, 9.17) is 4.74 Å². The van der Waals surface area contributed by atoms with Gasteiger partial charge in [0.15, 0.2) is 0 Å². The molecule has 2 nitrogen and oxygen atoms in total. The monoisotopic (exact) mass is 515 g/mol. The van der Waals surface area contributed by atoms with Crippen molar-refractivity contribution >= 4 is 3.81 Å². The summed E-state index contributed by atoms with van der Waals surface area (Å²) in [5, 5.41) is 9.41. The van der Waals surface area contributed by atoms with Crippen molar-refractivity contribution in [2.75, 3.05) is 7.11 Å². The number of hydrogen-bond donors (Lipinski definition) is 1. The molecule has 1 unspecified atom stereocenters. The average molecular weight is 516 g/mol. The maximum atomic E-state index is 9.41. The van der Waals surface area contributed by atoms with E-state index >= 15 is 0 Å². The number of methoxy groups -OCH3 is 1. The SMILES string of the molecule is CC1=[C-]C(C)C(C)=C1C.COc1cc(O)cc(C(C)(C)C)c1.[Ti+]=[C](c1ccccc1)c1ccccc1. The van der Waals surface area contributed by atoms with Crippen LogP contribution in [-0.2, 0) is 25.4 Å². The standard InChI is InChI=1S/C13H10.C11H16O2.C9H13.Ti/c1-3-7-12(8-4-1)11-13-9-5-2-6-10-13;1-11(2,3)8-5-9(12)7-10(6-8)13-4;1-6-5-7(2)9(4)8(6)3;/h1-10H;5-7,12H,1-4H3;6H,1-4H3;/q;;-1;+1. The number of ether oxygens (including phenoxy) is 1. The Balaban J connectivity index is 0.000000195. The average Bonchev–Trinajstić information content (AvgIpc) is 3.09. The van der Waals surface area contributed by atoms with Crippen molar-refractivity contribution < 1.29 is 29.8 Å². The number of hydrogen-bond acceptors (Lipinski definition) is 2. The second-order valence-corrected chi connectivity index (χ2v) is 10.9. The number of phenolic OH excluding ortho intramolecular Hbond substituents is 1. The molecule has 1 N–H and O–H groups in total. The molecule has 36 heavy (non-hydrogen) atoms. The molecule has 0 radical (unpaired) electrons. The Kier molecular flexibility index (Phi) is 11.1. The number of benzene rings is 3. The quantitative estimate of drug-likeness (QED) is 0.281. The summed E-state index contributed by atoms with van der Waals surface area (Å²) in [4.78, 5) is 0. The molecular weight excluding hydrogens is 476 g/mol. The fourth-order valence-corrected chi connectivity index (χ4v) is 4.19. The van der Waals surface area contributed by atoms with Gasteiger partial charge < -0.3 is 9.84 Å². The predicted molar refractivity (Wildman–Crippen MR) is 149 cm³/mol. The molecule has 3 aromatic rings. The van der Waals surface area contributed by atoms with Crippen molar-refractivity contribution in [1.29, 1.82) is 0 Å². The van der Waals surface area contributed by atoms with Crippen LogP contribution in [0.15, 0.2) is 95.6 Å². The van der Waals surface area contributed by atoms with E-state index in [-0.39, 0.29) is 11.2 Å². The van der Waals surface area contributed by atoms with Gasteiger partial charge in [-0.15, -0.1) is 6.92 Å². The van der Waals surface area contributed by atoms with Crippen molar-refractivity contribution in [3.05, 3.63) is 118 Å². The van der Waals surface area contributed by atoms with Gasteiger partial charge in [0.1, 0.15) is 11.5 Å². The Morgan fingerprint density at radius 1 is 0.861 bits per heavy atom. The molecular formula is C33H39O2Ti. The van der Waals surface area contributed by atoms with E-state index in [0.29, 0.717) is 11.7 Å². The minimum absolute atomic E-state index is 0.0338. The van der Waals surface area contributed by atoms with Gasteiger partial charge >= 0.3 is 95.6 Å². The van der Waals surface area contributed by atoms with E-state index in [1.165, 1.54) is 31.7 Å². The zero-order valence-corrected chi connectivity index (χ0v) is 24.5. The molecule has 0 aromatic heterocycles. The van der Waals surface area contributed by atoms with Crippen LogP contribution in [0.4, 0.5) is 0 Å². The summed E-state index contributed by atoms with van der Waals surface area (Å²) in [6, 6.07) is 26.3. The number of allylic oxidation sites excluding steroid dienone is 4. The van der Waals surface area contributed by atoms with Gasteiger partial charge in [0.2, 0.25) is 0 Å². The van der Waals surface area contributed by atoms with E-state index < -0.39 is 0 Å².